The van der Waals surface area contributed by atoms with Gasteiger partial charge >= 0.3 is 0 Å². The molecular formula is C18H16F2N2OS2. The van der Waals surface area contributed by atoms with E-state index in [2.05, 4.69) is 10.3 Å². The minimum atomic E-state index is -0.656. The highest BCUT2D eigenvalue weighted by molar-refractivity contribution is 8.01. The van der Waals surface area contributed by atoms with E-state index in [0.29, 0.717) is 12.2 Å². The van der Waals surface area contributed by atoms with Crippen LogP contribution in [0.1, 0.15) is 24.9 Å². The van der Waals surface area contributed by atoms with Crippen molar-refractivity contribution >= 4 is 39.2 Å². The Bertz CT molecular complexity index is 865. The summed E-state index contributed by atoms with van der Waals surface area (Å²) >= 11 is 3.12. The van der Waals surface area contributed by atoms with Crippen LogP contribution in [0.3, 0.4) is 0 Å². The maximum Gasteiger partial charge on any atom is 0.221 e. The molecule has 0 bridgehead atoms. The van der Waals surface area contributed by atoms with Crippen LogP contribution in [0.4, 0.5) is 8.78 Å². The molecule has 3 rings (SSSR count). The fourth-order valence-electron chi connectivity index (χ4n) is 2.39. The third-order valence-corrected chi connectivity index (χ3v) is 5.82. The van der Waals surface area contributed by atoms with Crippen molar-refractivity contribution in [3.8, 4) is 0 Å². The quantitative estimate of drug-likeness (QED) is 0.618. The lowest BCUT2D eigenvalue weighted by atomic mass is 10.1. The molecule has 3 aromatic rings. The summed E-state index contributed by atoms with van der Waals surface area (Å²) in [5, 5.41) is 2.74. The molecule has 2 aromatic carbocycles. The summed E-state index contributed by atoms with van der Waals surface area (Å²) in [7, 11) is 0. The minimum absolute atomic E-state index is 0.176. The molecule has 1 atom stereocenters. The van der Waals surface area contributed by atoms with Gasteiger partial charge in [0.1, 0.15) is 11.6 Å². The Morgan fingerprint density at radius 3 is 2.84 bits per heavy atom. The number of aromatic nitrogens is 1. The van der Waals surface area contributed by atoms with Gasteiger partial charge in [0.2, 0.25) is 5.91 Å². The van der Waals surface area contributed by atoms with Crippen LogP contribution in [0.15, 0.2) is 46.8 Å². The van der Waals surface area contributed by atoms with Crippen molar-refractivity contribution in [2.24, 2.45) is 0 Å². The van der Waals surface area contributed by atoms with Crippen molar-refractivity contribution in [2.75, 3.05) is 5.75 Å². The van der Waals surface area contributed by atoms with Gasteiger partial charge < -0.3 is 5.32 Å². The van der Waals surface area contributed by atoms with Gasteiger partial charge in [-0.1, -0.05) is 30.0 Å². The Hall–Kier alpha value is -1.99. The number of hydrogen-bond acceptors (Lipinski definition) is 4. The smallest absolute Gasteiger partial charge is 0.221 e. The van der Waals surface area contributed by atoms with E-state index in [9.17, 15) is 13.6 Å². The van der Waals surface area contributed by atoms with Gasteiger partial charge in [0, 0.05) is 23.8 Å². The SMILES string of the molecule is CC(NC(=O)CCSc1nc2ccccc2s1)c1ccc(F)cc1F. The van der Waals surface area contributed by atoms with Crippen LogP contribution in [0, 0.1) is 11.6 Å². The molecule has 0 aliphatic heterocycles. The predicted octanol–water partition coefficient (Wildman–Crippen LogP) is 4.93. The van der Waals surface area contributed by atoms with Crippen molar-refractivity contribution in [1.29, 1.82) is 0 Å². The Balaban J connectivity index is 1.50. The first-order valence-electron chi connectivity index (χ1n) is 7.75. The number of rotatable bonds is 6. The standard InChI is InChI=1S/C18H16F2N2OS2/c1-11(13-7-6-12(19)10-14(13)20)21-17(23)8-9-24-18-22-15-4-2-3-5-16(15)25-18/h2-7,10-11H,8-9H2,1H3,(H,21,23). The van der Waals surface area contributed by atoms with Crippen molar-refractivity contribution in [3.05, 3.63) is 59.7 Å². The van der Waals surface area contributed by atoms with Gasteiger partial charge in [0.05, 0.1) is 16.3 Å². The molecule has 1 heterocycles. The number of carbonyl (C=O) groups is 1. The predicted molar refractivity (Wildman–Crippen MR) is 97.9 cm³/mol. The number of nitrogens with zero attached hydrogens (tertiary/aromatic N) is 1. The molecule has 0 spiro atoms. The molecule has 0 aliphatic carbocycles. The number of halogens is 2. The Kier molecular flexibility index (Phi) is 5.65. The first kappa shape index (κ1) is 17.8. The number of para-hydroxylation sites is 1. The van der Waals surface area contributed by atoms with E-state index in [0.717, 1.165) is 20.6 Å². The van der Waals surface area contributed by atoms with E-state index < -0.39 is 17.7 Å². The molecule has 0 saturated heterocycles. The van der Waals surface area contributed by atoms with E-state index in [1.54, 1.807) is 18.3 Å². The van der Waals surface area contributed by atoms with E-state index in [4.69, 9.17) is 0 Å². The lowest BCUT2D eigenvalue weighted by Gasteiger charge is -2.15. The van der Waals surface area contributed by atoms with Crippen LogP contribution in [-0.2, 0) is 4.79 Å². The summed E-state index contributed by atoms with van der Waals surface area (Å²) in [6.45, 7) is 1.68. The summed E-state index contributed by atoms with van der Waals surface area (Å²) < 4.78 is 28.7. The maximum absolute atomic E-state index is 13.7. The maximum atomic E-state index is 13.7. The van der Waals surface area contributed by atoms with Gasteiger partial charge in [-0.3, -0.25) is 4.79 Å². The number of nitrogens with one attached hydrogen (secondary N) is 1. The number of thiazole rings is 1. The number of amides is 1. The molecule has 3 nitrogen and oxygen atoms in total. The summed E-state index contributed by atoms with van der Waals surface area (Å²) in [6.07, 6.45) is 0.299. The third kappa shape index (κ3) is 4.55. The van der Waals surface area contributed by atoms with Crippen molar-refractivity contribution in [3.63, 3.8) is 0 Å². The van der Waals surface area contributed by atoms with Gasteiger partial charge in [-0.05, 0) is 25.1 Å². The van der Waals surface area contributed by atoms with Gasteiger partial charge in [-0.15, -0.1) is 11.3 Å². The average molecular weight is 378 g/mol. The number of thioether (sulfide) groups is 1. The number of hydrogen-bond donors (Lipinski definition) is 1. The summed E-state index contributed by atoms with van der Waals surface area (Å²) in [4.78, 5) is 16.5. The van der Waals surface area contributed by atoms with E-state index in [1.165, 1.54) is 23.9 Å². The molecule has 1 aromatic heterocycles. The topological polar surface area (TPSA) is 42.0 Å². The molecule has 0 radical (unpaired) electrons. The van der Waals surface area contributed by atoms with Gasteiger partial charge in [0.25, 0.3) is 0 Å². The Morgan fingerprint density at radius 2 is 2.08 bits per heavy atom. The van der Waals surface area contributed by atoms with Crippen LogP contribution in [0.2, 0.25) is 0 Å². The van der Waals surface area contributed by atoms with Crippen LogP contribution in [-0.4, -0.2) is 16.6 Å². The molecule has 1 amide bonds. The van der Waals surface area contributed by atoms with Crippen LogP contribution < -0.4 is 5.32 Å². The van der Waals surface area contributed by atoms with Crippen molar-refractivity contribution in [2.45, 2.75) is 23.7 Å². The lowest BCUT2D eigenvalue weighted by Crippen LogP contribution is -2.27. The molecule has 0 saturated carbocycles. The second kappa shape index (κ2) is 7.93. The second-order valence-corrected chi connectivity index (χ2v) is 7.87. The van der Waals surface area contributed by atoms with Crippen molar-refractivity contribution in [1.82, 2.24) is 10.3 Å². The molecule has 1 unspecified atom stereocenters. The van der Waals surface area contributed by atoms with Crippen LogP contribution >= 0.6 is 23.1 Å². The fraction of sp³-hybridized carbons (Fsp3) is 0.222. The zero-order chi connectivity index (χ0) is 17.8. The Labute approximate surface area is 152 Å². The fourth-order valence-corrected chi connectivity index (χ4v) is 4.46. The summed E-state index contributed by atoms with van der Waals surface area (Å²) in [6, 6.07) is 10.7. The van der Waals surface area contributed by atoms with Crippen molar-refractivity contribution < 1.29 is 13.6 Å². The highest BCUT2D eigenvalue weighted by Crippen LogP contribution is 2.29. The molecule has 1 N–H and O–H groups in total. The van der Waals surface area contributed by atoms with Crippen LogP contribution in [0.25, 0.3) is 10.2 Å². The van der Waals surface area contributed by atoms with Crippen LogP contribution in [0.5, 0.6) is 0 Å². The van der Waals surface area contributed by atoms with E-state index in [-0.39, 0.29) is 11.5 Å². The summed E-state index contributed by atoms with van der Waals surface area (Å²) in [5.41, 5.74) is 1.23. The molecule has 25 heavy (non-hydrogen) atoms. The second-order valence-electron chi connectivity index (χ2n) is 5.50. The van der Waals surface area contributed by atoms with Gasteiger partial charge in [0.15, 0.2) is 4.34 Å². The normalized spacial score (nSPS) is 12.3. The number of benzene rings is 2. The molecule has 130 valence electrons. The largest absolute Gasteiger partial charge is 0.349 e. The summed E-state index contributed by atoms with van der Waals surface area (Å²) in [5.74, 6) is -0.877. The monoisotopic (exact) mass is 378 g/mol. The third-order valence-electron chi connectivity index (χ3n) is 3.64. The zero-order valence-corrected chi connectivity index (χ0v) is 15.1. The molecule has 0 fully saturated rings. The molecule has 0 aliphatic rings. The highest BCUT2D eigenvalue weighted by atomic mass is 32.2. The Morgan fingerprint density at radius 1 is 1.28 bits per heavy atom. The molecular weight excluding hydrogens is 362 g/mol. The lowest BCUT2D eigenvalue weighted by molar-refractivity contribution is -0.121. The zero-order valence-electron chi connectivity index (χ0n) is 13.5. The van der Waals surface area contributed by atoms with Gasteiger partial charge in [-0.25, -0.2) is 13.8 Å². The number of carbonyl (C=O) groups excluding carboxylic acids is 1. The average Bonchev–Trinajstić information content (AvgIpc) is 2.97. The van der Waals surface area contributed by atoms with E-state index >= 15 is 0 Å². The highest BCUT2D eigenvalue weighted by Gasteiger charge is 2.14. The van der Waals surface area contributed by atoms with Gasteiger partial charge in [-0.2, -0.15) is 0 Å². The first-order chi connectivity index (χ1) is 12.0. The molecule has 7 heteroatoms. The number of fused-ring (bicyclic) bond motifs is 1. The van der Waals surface area contributed by atoms with E-state index in [1.807, 2.05) is 24.3 Å². The first-order valence-corrected chi connectivity index (χ1v) is 9.56. The minimum Gasteiger partial charge on any atom is -0.349 e.